The lowest BCUT2D eigenvalue weighted by atomic mass is 10.1. The number of rotatable bonds is 9. The van der Waals surface area contributed by atoms with Gasteiger partial charge in [-0.25, -0.2) is 4.79 Å². The first-order chi connectivity index (χ1) is 13.8. The van der Waals surface area contributed by atoms with Gasteiger partial charge in [0, 0.05) is 17.2 Å². The molecule has 29 heavy (non-hydrogen) atoms. The molecule has 0 saturated carbocycles. The molecule has 0 fully saturated rings. The van der Waals surface area contributed by atoms with E-state index in [2.05, 4.69) is 0 Å². The van der Waals surface area contributed by atoms with E-state index in [1.54, 1.807) is 43.5 Å². The van der Waals surface area contributed by atoms with Crippen LogP contribution in [0, 0.1) is 0 Å². The molecular weight excluding hydrogens is 372 g/mol. The number of esters is 1. The van der Waals surface area contributed by atoms with Gasteiger partial charge in [0.25, 0.3) is 0 Å². The molecule has 0 N–H and O–H groups in total. The lowest BCUT2D eigenvalue weighted by Gasteiger charge is -2.13. The summed E-state index contributed by atoms with van der Waals surface area (Å²) in [6.45, 7) is 5.35. The molecule has 0 heterocycles. The van der Waals surface area contributed by atoms with E-state index >= 15 is 0 Å². The van der Waals surface area contributed by atoms with Gasteiger partial charge >= 0.3 is 5.97 Å². The third kappa shape index (κ3) is 6.38. The number of ketones is 1. The molecule has 2 aromatic carbocycles. The van der Waals surface area contributed by atoms with Gasteiger partial charge in [-0.2, -0.15) is 0 Å². The highest BCUT2D eigenvalue weighted by molar-refractivity contribution is 5.94. The molecule has 0 saturated heterocycles. The molecule has 2 aromatic rings. The van der Waals surface area contributed by atoms with Gasteiger partial charge < -0.3 is 18.9 Å². The Balaban J connectivity index is 2.05. The van der Waals surface area contributed by atoms with Crippen molar-refractivity contribution >= 4 is 17.8 Å². The van der Waals surface area contributed by atoms with Crippen LogP contribution in [0.5, 0.6) is 17.2 Å². The first-order valence-electron chi connectivity index (χ1n) is 9.21. The highest BCUT2D eigenvalue weighted by atomic mass is 16.5. The maximum Gasteiger partial charge on any atom is 0.331 e. The quantitative estimate of drug-likeness (QED) is 0.353. The molecule has 0 aliphatic heterocycles. The monoisotopic (exact) mass is 398 g/mol. The Morgan fingerprint density at radius 2 is 1.66 bits per heavy atom. The zero-order chi connectivity index (χ0) is 21.4. The summed E-state index contributed by atoms with van der Waals surface area (Å²) in [6, 6.07) is 10.4. The molecule has 0 aliphatic rings. The van der Waals surface area contributed by atoms with Crippen LogP contribution in [0.1, 0.15) is 42.3 Å². The van der Waals surface area contributed by atoms with Gasteiger partial charge in [0.2, 0.25) is 0 Å². The van der Waals surface area contributed by atoms with E-state index in [4.69, 9.17) is 18.9 Å². The molecule has 2 rings (SSSR count). The van der Waals surface area contributed by atoms with Crippen LogP contribution in [-0.4, -0.2) is 32.1 Å². The molecule has 0 unspecified atom stereocenters. The minimum atomic E-state index is -0.512. The minimum Gasteiger partial charge on any atom is -0.496 e. The van der Waals surface area contributed by atoms with E-state index < -0.39 is 5.97 Å². The summed E-state index contributed by atoms with van der Waals surface area (Å²) < 4.78 is 21.6. The first kappa shape index (κ1) is 22.0. The fraction of sp³-hybridized carbons (Fsp3) is 0.304. The number of methoxy groups -OCH3 is 2. The average molecular weight is 398 g/mol. The van der Waals surface area contributed by atoms with E-state index in [9.17, 15) is 9.59 Å². The van der Waals surface area contributed by atoms with Crippen molar-refractivity contribution in [2.45, 2.75) is 33.5 Å². The highest BCUT2D eigenvalue weighted by Crippen LogP contribution is 2.29. The molecule has 0 atom stereocenters. The smallest absolute Gasteiger partial charge is 0.331 e. The van der Waals surface area contributed by atoms with Crippen molar-refractivity contribution in [3.05, 3.63) is 59.2 Å². The molecule has 0 bridgehead atoms. The zero-order valence-corrected chi connectivity index (χ0v) is 17.4. The summed E-state index contributed by atoms with van der Waals surface area (Å²) in [4.78, 5) is 23.7. The Morgan fingerprint density at radius 1 is 0.966 bits per heavy atom. The molecule has 0 amide bonds. The molecule has 0 spiro atoms. The Kier molecular flexibility index (Phi) is 7.83. The minimum absolute atomic E-state index is 0.00203. The van der Waals surface area contributed by atoms with E-state index in [0.717, 1.165) is 5.56 Å². The van der Waals surface area contributed by atoms with Crippen LogP contribution in [-0.2, 0) is 16.1 Å². The topological polar surface area (TPSA) is 71.1 Å². The third-order valence-electron chi connectivity index (χ3n) is 4.02. The largest absolute Gasteiger partial charge is 0.496 e. The predicted octanol–water partition coefficient (Wildman–Crippen LogP) is 4.45. The van der Waals surface area contributed by atoms with Crippen molar-refractivity contribution in [3.8, 4) is 17.2 Å². The van der Waals surface area contributed by atoms with E-state index in [1.165, 1.54) is 20.1 Å². The molecule has 154 valence electrons. The van der Waals surface area contributed by atoms with Crippen molar-refractivity contribution in [2.75, 3.05) is 14.2 Å². The maximum atomic E-state index is 12.1. The molecular formula is C23H26O6. The van der Waals surface area contributed by atoms with Crippen molar-refractivity contribution in [1.29, 1.82) is 0 Å². The average Bonchev–Trinajstić information content (AvgIpc) is 2.70. The van der Waals surface area contributed by atoms with Gasteiger partial charge in [0.15, 0.2) is 17.3 Å². The summed E-state index contributed by atoms with van der Waals surface area (Å²) in [7, 11) is 3.08. The van der Waals surface area contributed by atoms with Gasteiger partial charge in [-0.1, -0.05) is 6.07 Å². The van der Waals surface area contributed by atoms with Crippen LogP contribution < -0.4 is 14.2 Å². The Hall–Kier alpha value is -3.28. The number of ether oxygens (including phenoxy) is 4. The number of benzene rings is 2. The number of carbonyl (C=O) groups excluding carboxylic acids is 2. The summed E-state index contributed by atoms with van der Waals surface area (Å²) in [5.41, 5.74) is 1.92. The fourth-order valence-electron chi connectivity index (χ4n) is 2.61. The van der Waals surface area contributed by atoms with Gasteiger partial charge in [0.05, 0.1) is 20.3 Å². The summed E-state index contributed by atoms with van der Waals surface area (Å²) >= 11 is 0. The Morgan fingerprint density at radius 3 is 2.28 bits per heavy atom. The number of Topliss-reactive ketones (excluding diaryl/α,β-unsaturated/α-hetero) is 1. The second-order valence-electron chi connectivity index (χ2n) is 6.60. The van der Waals surface area contributed by atoms with Crippen LogP contribution in [0.15, 0.2) is 42.5 Å². The van der Waals surface area contributed by atoms with Crippen molar-refractivity contribution in [1.82, 2.24) is 0 Å². The first-order valence-corrected chi connectivity index (χ1v) is 9.21. The zero-order valence-electron chi connectivity index (χ0n) is 17.4. The van der Waals surface area contributed by atoms with Crippen LogP contribution >= 0.6 is 0 Å². The summed E-state index contributed by atoms with van der Waals surface area (Å²) in [5, 5.41) is 0. The Bertz CT molecular complexity index is 898. The standard InChI is InChI=1S/C23H26O6/c1-15(2)29-21-9-6-17(12-22(21)27-5)7-11-23(25)28-14-19-13-18(16(3)24)8-10-20(19)26-4/h6-13,15H,14H2,1-5H3/b11-7+. The second kappa shape index (κ2) is 10.3. The van der Waals surface area contributed by atoms with Gasteiger partial charge in [-0.3, -0.25) is 4.79 Å². The number of hydrogen-bond donors (Lipinski definition) is 0. The van der Waals surface area contributed by atoms with Crippen molar-refractivity contribution < 1.29 is 28.5 Å². The molecule has 6 heteroatoms. The van der Waals surface area contributed by atoms with Crippen LogP contribution in [0.4, 0.5) is 0 Å². The second-order valence-corrected chi connectivity index (χ2v) is 6.60. The molecule has 0 aliphatic carbocycles. The normalized spacial score (nSPS) is 10.8. The van der Waals surface area contributed by atoms with Crippen molar-refractivity contribution in [3.63, 3.8) is 0 Å². The third-order valence-corrected chi connectivity index (χ3v) is 4.02. The van der Waals surface area contributed by atoms with Crippen LogP contribution in [0.25, 0.3) is 6.08 Å². The fourth-order valence-corrected chi connectivity index (χ4v) is 2.61. The summed E-state index contributed by atoms with van der Waals surface area (Å²) in [5.74, 6) is 1.19. The van der Waals surface area contributed by atoms with Gasteiger partial charge in [-0.05, 0) is 62.7 Å². The SMILES string of the molecule is COc1ccc(C(C)=O)cc1COC(=O)/C=C/c1ccc(OC(C)C)c(OC)c1. The molecule has 0 aromatic heterocycles. The van der Waals surface area contributed by atoms with Gasteiger partial charge in [-0.15, -0.1) is 0 Å². The number of hydrogen-bond acceptors (Lipinski definition) is 6. The summed E-state index contributed by atoms with van der Waals surface area (Å²) in [6.07, 6.45) is 2.99. The van der Waals surface area contributed by atoms with Crippen LogP contribution in [0.2, 0.25) is 0 Å². The Labute approximate surface area is 171 Å². The number of carbonyl (C=O) groups is 2. The van der Waals surface area contributed by atoms with E-state index in [0.29, 0.717) is 28.4 Å². The predicted molar refractivity (Wildman–Crippen MR) is 111 cm³/mol. The lowest BCUT2D eigenvalue weighted by molar-refractivity contribution is -0.138. The van der Waals surface area contributed by atoms with Crippen molar-refractivity contribution in [2.24, 2.45) is 0 Å². The van der Waals surface area contributed by atoms with Gasteiger partial charge in [0.1, 0.15) is 12.4 Å². The van der Waals surface area contributed by atoms with Crippen LogP contribution in [0.3, 0.4) is 0 Å². The maximum absolute atomic E-state index is 12.1. The van der Waals surface area contributed by atoms with E-state index in [1.807, 2.05) is 19.9 Å². The van der Waals surface area contributed by atoms with E-state index in [-0.39, 0.29) is 18.5 Å². The lowest BCUT2D eigenvalue weighted by Crippen LogP contribution is -2.06. The molecule has 6 nitrogen and oxygen atoms in total. The highest BCUT2D eigenvalue weighted by Gasteiger charge is 2.10. The molecule has 0 radical (unpaired) electrons.